The molecule has 0 saturated carbocycles. The number of aromatic nitrogens is 1. The van der Waals surface area contributed by atoms with Gasteiger partial charge < -0.3 is 4.98 Å². The van der Waals surface area contributed by atoms with Gasteiger partial charge in [-0.05, 0) is 37.9 Å². The van der Waals surface area contributed by atoms with Gasteiger partial charge in [0.1, 0.15) is 4.47 Å². The fourth-order valence-corrected chi connectivity index (χ4v) is 2.74. The second-order valence-corrected chi connectivity index (χ2v) is 4.28. The molecule has 0 spiro atoms. The summed E-state index contributed by atoms with van der Waals surface area (Å²) in [5.41, 5.74) is 0.702. The number of nitrogens with one attached hydrogen (secondary N) is 1. The topological polar surface area (TPSA) is 58.9 Å². The lowest BCUT2D eigenvalue weighted by Gasteiger charge is -1.99. The van der Waals surface area contributed by atoms with E-state index in [1.54, 1.807) is 12.3 Å². The van der Waals surface area contributed by atoms with E-state index in [0.29, 0.717) is 14.5 Å². The SMILES string of the molecule is O=[N+]([O-])c1c(Br)cc2[c]c[nH]c2c1Br. The molecule has 4 nitrogen and oxygen atoms in total. The Morgan fingerprint density at radius 1 is 1.50 bits per heavy atom. The third kappa shape index (κ3) is 1.34. The van der Waals surface area contributed by atoms with Gasteiger partial charge in [-0.3, -0.25) is 10.1 Å². The van der Waals surface area contributed by atoms with Crippen LogP contribution in [0.3, 0.4) is 0 Å². The summed E-state index contributed by atoms with van der Waals surface area (Å²) in [5, 5.41) is 11.5. The standard InChI is InChI=1S/C8H3Br2N2O2/c9-5-3-4-1-2-11-7(4)6(10)8(5)12(13)14/h2-3,11H. The van der Waals surface area contributed by atoms with Crippen molar-refractivity contribution in [1.82, 2.24) is 4.98 Å². The molecule has 0 amide bonds. The van der Waals surface area contributed by atoms with Crippen LogP contribution in [0, 0.1) is 16.2 Å². The number of halogens is 2. The maximum absolute atomic E-state index is 10.7. The van der Waals surface area contributed by atoms with Gasteiger partial charge in [-0.1, -0.05) is 0 Å². The molecule has 0 bridgehead atoms. The van der Waals surface area contributed by atoms with Crippen LogP contribution in [0.1, 0.15) is 0 Å². The van der Waals surface area contributed by atoms with Crippen LogP contribution in [-0.2, 0) is 0 Å². The van der Waals surface area contributed by atoms with Crippen LogP contribution in [0.25, 0.3) is 10.9 Å². The van der Waals surface area contributed by atoms with E-state index < -0.39 is 4.92 Å². The van der Waals surface area contributed by atoms with Crippen LogP contribution >= 0.6 is 31.9 Å². The van der Waals surface area contributed by atoms with Gasteiger partial charge in [-0.15, -0.1) is 0 Å². The van der Waals surface area contributed by atoms with Crippen LogP contribution < -0.4 is 0 Å². The number of hydrogen-bond acceptors (Lipinski definition) is 2. The molecule has 1 aromatic carbocycles. The predicted octanol–water partition coefficient (Wildman–Crippen LogP) is 3.40. The summed E-state index contributed by atoms with van der Waals surface area (Å²) in [7, 11) is 0. The molecule has 71 valence electrons. The quantitative estimate of drug-likeness (QED) is 0.647. The highest BCUT2D eigenvalue weighted by molar-refractivity contribution is 9.11. The second-order valence-electron chi connectivity index (χ2n) is 2.63. The van der Waals surface area contributed by atoms with Gasteiger partial charge in [0.05, 0.1) is 14.9 Å². The van der Waals surface area contributed by atoms with E-state index >= 15 is 0 Å². The summed E-state index contributed by atoms with van der Waals surface area (Å²) in [4.78, 5) is 13.2. The van der Waals surface area contributed by atoms with E-state index in [-0.39, 0.29) is 5.69 Å². The van der Waals surface area contributed by atoms with Gasteiger partial charge >= 0.3 is 0 Å². The number of hydrogen-bond donors (Lipinski definition) is 1. The molecular weight excluding hydrogens is 316 g/mol. The number of nitro groups is 1. The normalized spacial score (nSPS) is 10.7. The van der Waals surface area contributed by atoms with Crippen molar-refractivity contribution in [3.8, 4) is 0 Å². The Morgan fingerprint density at radius 3 is 2.86 bits per heavy atom. The van der Waals surface area contributed by atoms with Crippen molar-refractivity contribution in [3.63, 3.8) is 0 Å². The van der Waals surface area contributed by atoms with Gasteiger partial charge in [0.2, 0.25) is 0 Å². The molecule has 1 N–H and O–H groups in total. The number of fused-ring (bicyclic) bond motifs is 1. The lowest BCUT2D eigenvalue weighted by Crippen LogP contribution is -1.91. The molecule has 14 heavy (non-hydrogen) atoms. The minimum absolute atomic E-state index is 0.0216. The number of nitro benzene ring substituents is 1. The molecule has 1 aromatic heterocycles. The summed E-state index contributed by atoms with van der Waals surface area (Å²) in [6.45, 7) is 0. The molecule has 0 fully saturated rings. The zero-order valence-corrected chi connectivity index (χ0v) is 9.85. The van der Waals surface area contributed by atoms with Crippen molar-refractivity contribution in [2.45, 2.75) is 0 Å². The first kappa shape index (κ1) is 9.67. The minimum Gasteiger partial charge on any atom is -0.359 e. The molecule has 0 aliphatic rings. The molecule has 0 aliphatic heterocycles. The third-order valence-electron chi connectivity index (χ3n) is 1.82. The van der Waals surface area contributed by atoms with E-state index in [1.165, 1.54) is 0 Å². The van der Waals surface area contributed by atoms with Crippen LogP contribution in [-0.4, -0.2) is 9.91 Å². The summed E-state index contributed by atoms with van der Waals surface area (Å²) in [5.74, 6) is 0. The molecule has 2 rings (SSSR count). The Hall–Kier alpha value is -0.880. The van der Waals surface area contributed by atoms with E-state index in [9.17, 15) is 10.1 Å². The molecule has 0 unspecified atom stereocenters. The van der Waals surface area contributed by atoms with Crippen LogP contribution in [0.5, 0.6) is 0 Å². The van der Waals surface area contributed by atoms with E-state index in [1.807, 2.05) is 0 Å². The smallest absolute Gasteiger partial charge is 0.299 e. The average Bonchev–Trinajstić information content (AvgIpc) is 2.50. The highest BCUT2D eigenvalue weighted by Gasteiger charge is 2.20. The fraction of sp³-hybridized carbons (Fsp3) is 0. The van der Waals surface area contributed by atoms with Crippen molar-refractivity contribution >= 4 is 48.5 Å². The summed E-state index contributed by atoms with van der Waals surface area (Å²) in [6.07, 6.45) is 1.62. The van der Waals surface area contributed by atoms with Crippen LogP contribution in [0.4, 0.5) is 5.69 Å². The lowest BCUT2D eigenvalue weighted by molar-refractivity contribution is -0.386. The van der Waals surface area contributed by atoms with Gasteiger partial charge in [-0.25, -0.2) is 0 Å². The summed E-state index contributed by atoms with van der Waals surface area (Å²) in [6, 6.07) is 4.59. The predicted molar refractivity (Wildman–Crippen MR) is 59.2 cm³/mol. The molecule has 0 atom stereocenters. The maximum Gasteiger partial charge on any atom is 0.299 e. The highest BCUT2D eigenvalue weighted by Crippen LogP contribution is 2.38. The Bertz CT molecular complexity index is 521. The van der Waals surface area contributed by atoms with Crippen molar-refractivity contribution < 1.29 is 4.92 Å². The van der Waals surface area contributed by atoms with Crippen molar-refractivity contribution in [3.05, 3.63) is 37.4 Å². The second kappa shape index (κ2) is 3.36. The highest BCUT2D eigenvalue weighted by atomic mass is 79.9. The molecule has 6 heteroatoms. The average molecular weight is 319 g/mol. The van der Waals surface area contributed by atoms with Gasteiger partial charge in [0.25, 0.3) is 5.69 Å². The zero-order chi connectivity index (χ0) is 10.3. The van der Waals surface area contributed by atoms with E-state index in [0.717, 1.165) is 5.39 Å². The zero-order valence-electron chi connectivity index (χ0n) is 6.67. The molecular formula is C8H3Br2N2O2. The van der Waals surface area contributed by atoms with Gasteiger partial charge in [0.15, 0.2) is 0 Å². The number of nitrogens with zero attached hydrogens (tertiary/aromatic N) is 1. The van der Waals surface area contributed by atoms with E-state index in [4.69, 9.17) is 0 Å². The van der Waals surface area contributed by atoms with E-state index in [2.05, 4.69) is 42.9 Å². The van der Waals surface area contributed by atoms with Gasteiger partial charge in [-0.2, -0.15) is 0 Å². The molecule has 0 aliphatic carbocycles. The number of aromatic amines is 1. The van der Waals surface area contributed by atoms with Crippen LogP contribution in [0.2, 0.25) is 0 Å². The Kier molecular flexibility index (Phi) is 2.32. The van der Waals surface area contributed by atoms with Crippen LogP contribution in [0.15, 0.2) is 21.2 Å². The first-order chi connectivity index (χ1) is 6.61. The fourth-order valence-electron chi connectivity index (χ4n) is 1.22. The lowest BCUT2D eigenvalue weighted by atomic mass is 10.2. The Morgan fingerprint density at radius 2 is 2.21 bits per heavy atom. The molecule has 2 aromatic rings. The Labute approximate surface area is 95.7 Å². The van der Waals surface area contributed by atoms with Gasteiger partial charge in [0, 0.05) is 17.6 Å². The Balaban J connectivity index is 2.89. The molecule has 1 radical (unpaired) electrons. The monoisotopic (exact) mass is 317 g/mol. The molecule has 0 saturated heterocycles. The first-order valence-electron chi connectivity index (χ1n) is 3.62. The number of H-pyrrole nitrogens is 1. The summed E-state index contributed by atoms with van der Waals surface area (Å²) >= 11 is 6.34. The minimum atomic E-state index is -0.436. The molecule has 1 heterocycles. The largest absolute Gasteiger partial charge is 0.359 e. The van der Waals surface area contributed by atoms with Crippen molar-refractivity contribution in [2.24, 2.45) is 0 Å². The number of benzene rings is 1. The first-order valence-corrected chi connectivity index (χ1v) is 5.21. The number of rotatable bonds is 1. The maximum atomic E-state index is 10.7. The third-order valence-corrected chi connectivity index (χ3v) is 3.20. The van der Waals surface area contributed by atoms with Crippen molar-refractivity contribution in [1.29, 1.82) is 0 Å². The van der Waals surface area contributed by atoms with Crippen molar-refractivity contribution in [2.75, 3.05) is 0 Å². The summed E-state index contributed by atoms with van der Waals surface area (Å²) < 4.78 is 0.880.